The van der Waals surface area contributed by atoms with Crippen molar-refractivity contribution in [1.29, 1.82) is 0 Å². The Morgan fingerprint density at radius 1 is 0.196 bits per heavy atom. The summed E-state index contributed by atoms with van der Waals surface area (Å²) >= 11 is 0. The van der Waals surface area contributed by atoms with Crippen LogP contribution < -0.4 is 32.0 Å². The number of hydrogen-bond donors (Lipinski definition) is 0. The van der Waals surface area contributed by atoms with E-state index in [1.807, 2.05) is 0 Å². The molecule has 14 nitrogen and oxygen atoms in total. The Bertz CT molecular complexity index is 11300. The summed E-state index contributed by atoms with van der Waals surface area (Å²) in [5.74, 6) is 0. The van der Waals surface area contributed by atoms with Gasteiger partial charge in [0, 0.05) is 204 Å². The maximum Gasteiger partial charge on any atom is 0.295 e. The maximum atomic E-state index is 2.54. The predicted octanol–water partition coefficient (Wildman–Crippen LogP) is 23.5. The highest BCUT2D eigenvalue weighted by atomic mass is 15.2. The third-order valence-electron chi connectivity index (χ3n) is 38.0. The standard InChI is InChI=1S/C20H17N2.6C19H15N2/c1-20(2)9-13-11-21-10-12-5-3-6-14-15-7-4-8-16(20)18(15)22(13)19(21)17(12)14;1-11-5-8-14-15-4-2-3-12-6-7-13-9-20-10-16(11)17(14)19(20)21(13)18(12)15;1-11-5-7-16-15-4-2-3-12-9-20-10-13-6-8-14(11)18(16)21(13)19(20)17(12)15;1-11-7-12-5-6-14-10-20-9-13-3-2-4-15-16(8-11)18(12)21(14)19(20)17(13)15;1-11-7-13-9-20-10-14-6-5-12-3-2-4-15-16(8-11)17(13)19(20)21(14)18(12)15;1-11-5-6-12-7-8-14-10-20-9-13-3-2-4-15-16(11)18(12)21(14)19(20)17(13)15;1-11-5-6-13-9-20-10-14-8-7-12-3-2-4-15-16(11)17(13)19(20)21(14)18(12)15/h3-8,11H,9-10H2,1-2H3;2-5,8-9H,6-7,10H2,1H3;2-5,7,10H,6,8-9H2,1H3;2*2-4,7-8,10H,5-6,9H2,1H3;2*2-6,10H,7-9H2,1H3/q7*+1. The quantitative estimate of drug-likeness (QED) is 0.107. The van der Waals surface area contributed by atoms with Crippen molar-refractivity contribution >= 4 is 191 Å². The highest BCUT2D eigenvalue weighted by molar-refractivity contribution is 6.21. The Hall–Kier alpha value is -16.5. The molecule has 0 atom stereocenters. The average molecular weight is 1910 g/mol. The molecule has 0 saturated heterocycles. The molecule has 14 aliphatic rings. The molecule has 28 heterocycles. The van der Waals surface area contributed by atoms with E-state index >= 15 is 0 Å². The highest BCUT2D eigenvalue weighted by Crippen LogP contribution is 2.50. The van der Waals surface area contributed by atoms with Crippen LogP contribution in [0.25, 0.3) is 191 Å². The number of benzene rings is 14. The lowest BCUT2D eigenvalue weighted by atomic mass is 9.77. The molecule has 0 unspecified atom stereocenters. The minimum absolute atomic E-state index is 0.198. The van der Waals surface area contributed by atoms with Gasteiger partial charge in [0.1, 0.15) is 168 Å². The highest BCUT2D eigenvalue weighted by Gasteiger charge is 2.45. The third kappa shape index (κ3) is 10.1. The third-order valence-corrected chi connectivity index (χ3v) is 38.0. The van der Waals surface area contributed by atoms with E-state index in [4.69, 9.17) is 0 Å². The van der Waals surface area contributed by atoms with Gasteiger partial charge in [-0.15, -0.1) is 0 Å². The Balaban J connectivity index is 0.0000000714. The number of para-hydroxylation sites is 4. The van der Waals surface area contributed by atoms with Gasteiger partial charge in [0.25, 0.3) is 39.5 Å². The summed E-state index contributed by atoms with van der Waals surface area (Å²) in [6, 6.07) is 82.5. The summed E-state index contributed by atoms with van der Waals surface area (Å²) in [6.07, 6.45) is 31.7. The van der Waals surface area contributed by atoms with Crippen molar-refractivity contribution in [3.05, 3.63) is 413 Å². The molecule has 14 aliphatic heterocycles. The summed E-state index contributed by atoms with van der Waals surface area (Å²) < 4.78 is 34.9. The largest absolute Gasteiger partial charge is 0.295 e. The van der Waals surface area contributed by atoms with Crippen LogP contribution in [-0.4, -0.2) is 30.8 Å². The van der Waals surface area contributed by atoms with E-state index in [0.717, 1.165) is 90.8 Å². The van der Waals surface area contributed by atoms with Crippen LogP contribution in [0.15, 0.2) is 262 Å². The van der Waals surface area contributed by atoms with Gasteiger partial charge >= 0.3 is 0 Å². The van der Waals surface area contributed by atoms with Gasteiger partial charge < -0.3 is 0 Å². The second-order valence-corrected chi connectivity index (χ2v) is 46.7. The van der Waals surface area contributed by atoms with Crippen molar-refractivity contribution in [2.75, 3.05) is 0 Å². The Morgan fingerprint density at radius 3 is 1.05 bits per heavy atom. The van der Waals surface area contributed by atoms with E-state index in [0.29, 0.717) is 0 Å². The molecule has 0 aliphatic carbocycles. The van der Waals surface area contributed by atoms with Crippen LogP contribution in [0.3, 0.4) is 0 Å². The van der Waals surface area contributed by atoms with Crippen molar-refractivity contribution in [1.82, 2.24) is 30.8 Å². The molecular formula is C134H107N14+7. The number of imidazole rings is 7. The summed E-state index contributed by atoms with van der Waals surface area (Å²) in [5.41, 5.74) is 59.8. The fraction of sp³-hybridized carbons (Fsp3) is 0.216. The molecule has 0 spiro atoms. The van der Waals surface area contributed by atoms with E-state index in [1.54, 1.807) is 5.56 Å². The molecule has 0 radical (unpaired) electrons. The summed E-state index contributed by atoms with van der Waals surface area (Å²) in [4.78, 5) is 0. The topological polar surface area (TPSA) is 58.0 Å². The van der Waals surface area contributed by atoms with E-state index in [2.05, 4.69) is 380 Å². The number of pyridine rings is 7. The van der Waals surface area contributed by atoms with E-state index in [9.17, 15) is 0 Å². The minimum Gasteiger partial charge on any atom is -0.225 e. The van der Waals surface area contributed by atoms with E-state index < -0.39 is 0 Å². The van der Waals surface area contributed by atoms with Crippen LogP contribution in [0.2, 0.25) is 0 Å². The Morgan fingerprint density at radius 2 is 0.514 bits per heavy atom. The number of aryl methyl sites for hydroxylation is 18. The van der Waals surface area contributed by atoms with Gasteiger partial charge in [0.2, 0.25) is 0 Å². The zero-order chi connectivity index (χ0) is 96.9. The number of nitrogens with zero attached hydrogens (tertiary/aromatic N) is 14. The molecule has 0 N–H and O–H groups in total. The average Bonchev–Trinajstić information content (AvgIpc) is 1.51. The zero-order valence-corrected chi connectivity index (χ0v) is 84.7. The molecule has 0 saturated carbocycles. The fourth-order valence-electron chi connectivity index (χ4n) is 32.1. The van der Waals surface area contributed by atoms with Gasteiger partial charge in [0.15, 0.2) is 0 Å². The lowest BCUT2D eigenvalue weighted by Gasteiger charge is -2.28. The summed E-state index contributed by atoms with van der Waals surface area (Å²) in [6.45, 7) is 25.4. The van der Waals surface area contributed by atoms with Gasteiger partial charge in [-0.3, -0.25) is 0 Å². The monoisotopic (exact) mass is 1910 g/mol. The molecule has 0 bridgehead atoms. The molecule has 14 heteroatoms. The smallest absolute Gasteiger partial charge is 0.225 e. The number of fused-ring (bicyclic) bond motifs is 7. The minimum atomic E-state index is 0.198. The van der Waals surface area contributed by atoms with Gasteiger partial charge in [-0.05, 0) is 120 Å². The van der Waals surface area contributed by atoms with Gasteiger partial charge in [0.05, 0.1) is 37.7 Å². The van der Waals surface area contributed by atoms with E-state index in [-0.39, 0.29) is 5.41 Å². The molecule has 148 heavy (non-hydrogen) atoms. The van der Waals surface area contributed by atoms with Crippen LogP contribution in [0.4, 0.5) is 0 Å². The first kappa shape index (κ1) is 80.8. The Labute approximate surface area is 851 Å². The van der Waals surface area contributed by atoms with Crippen molar-refractivity contribution < 1.29 is 32.0 Å². The predicted molar refractivity (Wildman–Crippen MR) is 592 cm³/mol. The molecule has 42 rings (SSSR count). The molecule has 14 aromatic heterocycles. The Kier molecular flexibility index (Phi) is 15.2. The summed E-state index contributed by atoms with van der Waals surface area (Å²) in [7, 11) is 0. The second kappa shape index (κ2) is 27.8. The first-order valence-corrected chi connectivity index (χ1v) is 54.4. The van der Waals surface area contributed by atoms with Crippen molar-refractivity contribution in [3.63, 3.8) is 0 Å². The van der Waals surface area contributed by atoms with Crippen LogP contribution in [0.1, 0.15) is 165 Å². The SMILES string of the molecule is CC1(C)Cc2c[n+]3c4c5c(cccc5c5cccc1c5n24)C3.Cc1cc2c3c(c1)c1cccc4c1c1n3c(c[n+]1C4)CC2.Cc1cc2c3c(c1)c1cccc4c1n1c(c[n+](c31)C2)CC4.Cc1ccc2c3c1c1cccc4c1c1n3c(c[n+]1C4)CC2.Cc1ccc2c3c1c1cccc4c1n1c(c[n+](c31)C2)CC4.Cc1ccc2c3cccc4c3c3n5c(c[n+]3C4)CCc1c25.Cc1ccc2c3cccc4c3n3c(c[n+]5c3c2c1C5)CC4. The van der Waals surface area contributed by atoms with E-state index in [1.165, 1.54) is 375 Å². The molecule has 14 aromatic carbocycles. The van der Waals surface area contributed by atoms with Gasteiger partial charge in [-0.1, -0.05) is 226 Å². The van der Waals surface area contributed by atoms with Crippen molar-refractivity contribution in [2.45, 2.75) is 190 Å². The normalized spacial score (nSPS) is 15.6. The van der Waals surface area contributed by atoms with Crippen LogP contribution >= 0.6 is 0 Å². The lowest BCUT2D eigenvalue weighted by molar-refractivity contribution is -0.657. The maximum absolute atomic E-state index is 2.54. The van der Waals surface area contributed by atoms with Crippen molar-refractivity contribution in [3.8, 4) is 0 Å². The number of rotatable bonds is 0. The lowest BCUT2D eigenvalue weighted by Crippen LogP contribution is -2.29. The second-order valence-electron chi connectivity index (χ2n) is 46.7. The van der Waals surface area contributed by atoms with Gasteiger partial charge in [-0.2, -0.15) is 30.8 Å². The van der Waals surface area contributed by atoms with Crippen LogP contribution in [0, 0.1) is 41.5 Å². The van der Waals surface area contributed by atoms with Gasteiger partial charge in [-0.25, -0.2) is 32.0 Å². The summed E-state index contributed by atoms with van der Waals surface area (Å²) in [5, 5.41) is 30.3. The molecule has 706 valence electrons. The number of hydrogen-bond acceptors (Lipinski definition) is 0. The van der Waals surface area contributed by atoms with Crippen molar-refractivity contribution in [2.24, 2.45) is 0 Å². The number of aromatic nitrogens is 14. The van der Waals surface area contributed by atoms with Crippen LogP contribution in [0.5, 0.6) is 0 Å². The molecular weight excluding hydrogens is 1810 g/mol. The van der Waals surface area contributed by atoms with Crippen LogP contribution in [-0.2, 0) is 135 Å². The fourth-order valence-corrected chi connectivity index (χ4v) is 32.1. The molecule has 28 aromatic rings. The molecule has 0 amide bonds. The molecule has 0 fully saturated rings. The first-order chi connectivity index (χ1) is 72.6. The first-order valence-electron chi connectivity index (χ1n) is 54.4. The zero-order valence-electron chi connectivity index (χ0n) is 84.7.